The van der Waals surface area contributed by atoms with Gasteiger partial charge in [0.25, 0.3) is 0 Å². The maximum absolute atomic E-state index is 13.2. The normalized spacial score (nSPS) is 19.9. The first-order chi connectivity index (χ1) is 15.2. The highest BCUT2D eigenvalue weighted by molar-refractivity contribution is 5.93. The van der Waals surface area contributed by atoms with Gasteiger partial charge >= 0.3 is 12.1 Å². The third-order valence-electron chi connectivity index (χ3n) is 5.57. The second-order valence-corrected chi connectivity index (χ2v) is 9.23. The average molecular weight is 440 g/mol. The SMILES string of the molecule is CC(C)(C)OC(=O)N1CCC(CN2CC(N=[N+]=[N-])CN(c3cccc(C#N)c3)C2=O)CC1. The molecule has 0 spiro atoms. The number of nitrogens with zero attached hydrogens (tertiary/aromatic N) is 7. The van der Waals surface area contributed by atoms with Crippen molar-refractivity contribution in [2.24, 2.45) is 11.0 Å². The molecule has 3 amide bonds. The number of azide groups is 1. The smallest absolute Gasteiger partial charge is 0.410 e. The maximum Gasteiger partial charge on any atom is 0.410 e. The highest BCUT2D eigenvalue weighted by atomic mass is 16.6. The van der Waals surface area contributed by atoms with Crippen molar-refractivity contribution in [3.63, 3.8) is 0 Å². The molecule has 0 aromatic heterocycles. The minimum atomic E-state index is -0.531. The van der Waals surface area contributed by atoms with E-state index in [9.17, 15) is 14.9 Å². The lowest BCUT2D eigenvalue weighted by Gasteiger charge is -2.41. The molecule has 32 heavy (non-hydrogen) atoms. The first-order valence-electron chi connectivity index (χ1n) is 10.8. The molecule has 1 aromatic carbocycles. The van der Waals surface area contributed by atoms with Gasteiger partial charge in [0, 0.05) is 43.3 Å². The Morgan fingerprint density at radius 1 is 1.31 bits per heavy atom. The summed E-state index contributed by atoms with van der Waals surface area (Å²) in [5.74, 6) is 0.231. The van der Waals surface area contributed by atoms with E-state index in [-0.39, 0.29) is 30.6 Å². The van der Waals surface area contributed by atoms with Crippen LogP contribution in [0.1, 0.15) is 39.2 Å². The van der Waals surface area contributed by atoms with Crippen LogP contribution in [-0.2, 0) is 4.74 Å². The van der Waals surface area contributed by atoms with E-state index in [2.05, 4.69) is 16.1 Å². The van der Waals surface area contributed by atoms with Gasteiger partial charge < -0.3 is 14.5 Å². The van der Waals surface area contributed by atoms with E-state index in [1.165, 1.54) is 0 Å². The Hall–Kier alpha value is -3.44. The van der Waals surface area contributed by atoms with Gasteiger partial charge in [0.15, 0.2) is 0 Å². The third kappa shape index (κ3) is 5.83. The average Bonchev–Trinajstić information content (AvgIpc) is 2.75. The molecule has 0 N–H and O–H groups in total. The van der Waals surface area contributed by atoms with Crippen molar-refractivity contribution < 1.29 is 14.3 Å². The van der Waals surface area contributed by atoms with Crippen molar-refractivity contribution in [2.45, 2.75) is 45.3 Å². The lowest BCUT2D eigenvalue weighted by atomic mass is 9.96. The van der Waals surface area contributed by atoms with Crippen molar-refractivity contribution in [3.8, 4) is 6.07 Å². The first-order valence-corrected chi connectivity index (χ1v) is 10.8. The number of piperidine rings is 1. The number of nitriles is 1. The number of carbonyl (C=O) groups is 2. The number of hydrogen-bond donors (Lipinski definition) is 0. The van der Waals surface area contributed by atoms with Crippen LogP contribution in [-0.4, -0.2) is 66.3 Å². The number of rotatable bonds is 4. The molecule has 0 saturated carbocycles. The second kappa shape index (κ2) is 9.79. The number of anilines is 1. The number of ether oxygens (including phenoxy) is 1. The molecule has 0 radical (unpaired) electrons. The van der Waals surface area contributed by atoms with Crippen LogP contribution in [0.5, 0.6) is 0 Å². The quantitative estimate of drug-likeness (QED) is 0.397. The Bertz CT molecular complexity index is 938. The molecule has 2 saturated heterocycles. The summed E-state index contributed by atoms with van der Waals surface area (Å²) in [5.41, 5.74) is 9.47. The third-order valence-corrected chi connectivity index (χ3v) is 5.57. The minimum absolute atomic E-state index is 0.168. The van der Waals surface area contributed by atoms with E-state index in [1.54, 1.807) is 39.0 Å². The Morgan fingerprint density at radius 3 is 2.66 bits per heavy atom. The molecule has 10 heteroatoms. The Morgan fingerprint density at radius 2 is 2.03 bits per heavy atom. The fourth-order valence-corrected chi connectivity index (χ4v) is 4.04. The monoisotopic (exact) mass is 439 g/mol. The lowest BCUT2D eigenvalue weighted by Crippen LogP contribution is -2.57. The fourth-order valence-electron chi connectivity index (χ4n) is 4.04. The molecule has 2 heterocycles. The zero-order valence-electron chi connectivity index (χ0n) is 18.8. The molecule has 2 aliphatic heterocycles. The van der Waals surface area contributed by atoms with Crippen LogP contribution in [0.2, 0.25) is 0 Å². The molecule has 170 valence electrons. The van der Waals surface area contributed by atoms with E-state index in [4.69, 9.17) is 10.3 Å². The van der Waals surface area contributed by atoms with Crippen LogP contribution in [0.3, 0.4) is 0 Å². The van der Waals surface area contributed by atoms with Crippen molar-refractivity contribution in [3.05, 3.63) is 40.3 Å². The van der Waals surface area contributed by atoms with E-state index in [1.807, 2.05) is 20.8 Å². The molecule has 10 nitrogen and oxygen atoms in total. The van der Waals surface area contributed by atoms with Gasteiger partial charge in [-0.15, -0.1) is 0 Å². The summed E-state index contributed by atoms with van der Waals surface area (Å²) < 4.78 is 5.45. The number of hydrogen-bond acceptors (Lipinski definition) is 5. The Labute approximate surface area is 188 Å². The van der Waals surface area contributed by atoms with Gasteiger partial charge in [0.2, 0.25) is 0 Å². The molecule has 2 fully saturated rings. The molecule has 1 unspecified atom stereocenters. The molecule has 0 aliphatic carbocycles. The van der Waals surface area contributed by atoms with E-state index < -0.39 is 5.60 Å². The molecule has 1 atom stereocenters. The van der Waals surface area contributed by atoms with Gasteiger partial charge in [0.1, 0.15) is 5.60 Å². The van der Waals surface area contributed by atoms with Gasteiger partial charge in [-0.3, -0.25) is 4.90 Å². The van der Waals surface area contributed by atoms with Crippen molar-refractivity contribution in [1.29, 1.82) is 5.26 Å². The van der Waals surface area contributed by atoms with Crippen LogP contribution < -0.4 is 4.90 Å². The molecule has 2 aliphatic rings. The van der Waals surface area contributed by atoms with E-state index >= 15 is 0 Å². The number of likely N-dealkylation sites (tertiary alicyclic amines) is 1. The Kier molecular flexibility index (Phi) is 7.11. The van der Waals surface area contributed by atoms with Crippen LogP contribution in [0.4, 0.5) is 15.3 Å². The number of benzene rings is 1. The molecule has 1 aromatic rings. The van der Waals surface area contributed by atoms with Crippen LogP contribution >= 0.6 is 0 Å². The van der Waals surface area contributed by atoms with Gasteiger partial charge in [0.05, 0.1) is 17.7 Å². The van der Waals surface area contributed by atoms with Crippen LogP contribution in [0.15, 0.2) is 29.4 Å². The van der Waals surface area contributed by atoms with Crippen LogP contribution in [0, 0.1) is 17.2 Å². The second-order valence-electron chi connectivity index (χ2n) is 9.23. The van der Waals surface area contributed by atoms with Crippen molar-refractivity contribution in [1.82, 2.24) is 9.80 Å². The zero-order chi connectivity index (χ0) is 23.3. The Balaban J connectivity index is 1.66. The summed E-state index contributed by atoms with van der Waals surface area (Å²) in [6.07, 6.45) is 1.22. The lowest BCUT2D eigenvalue weighted by molar-refractivity contribution is 0.0172. The molecular formula is C22H29N7O3. The van der Waals surface area contributed by atoms with Gasteiger partial charge in [-0.25, -0.2) is 9.59 Å². The maximum atomic E-state index is 13.2. The minimum Gasteiger partial charge on any atom is -0.444 e. The molecule has 0 bridgehead atoms. The van der Waals surface area contributed by atoms with Gasteiger partial charge in [-0.1, -0.05) is 11.2 Å². The summed E-state index contributed by atoms with van der Waals surface area (Å²) >= 11 is 0. The number of urea groups is 1. The summed E-state index contributed by atoms with van der Waals surface area (Å²) in [6.45, 7) is 7.83. The predicted octanol–water partition coefficient (Wildman–Crippen LogP) is 4.13. The van der Waals surface area contributed by atoms with Gasteiger partial charge in [-0.05, 0) is 63.3 Å². The predicted molar refractivity (Wildman–Crippen MR) is 119 cm³/mol. The van der Waals surface area contributed by atoms with E-state index in [0.717, 1.165) is 12.8 Å². The summed E-state index contributed by atoms with van der Waals surface area (Å²) in [7, 11) is 0. The zero-order valence-corrected chi connectivity index (χ0v) is 18.8. The molecule has 3 rings (SSSR count). The van der Waals surface area contributed by atoms with Crippen molar-refractivity contribution >= 4 is 17.8 Å². The fraction of sp³-hybridized carbons (Fsp3) is 0.591. The highest BCUT2D eigenvalue weighted by Gasteiger charge is 2.35. The van der Waals surface area contributed by atoms with E-state index in [0.29, 0.717) is 37.4 Å². The standard InChI is InChI=1S/C22H29N7O3/c1-22(2,3)32-21(31)27-9-7-16(8-10-27)13-28-14-18(25-26-24)15-29(20(28)30)19-6-4-5-17(11-19)12-23/h4-6,11,16,18H,7-10,13-15H2,1-3H3. The number of carbonyl (C=O) groups excluding carboxylic acids is 2. The topological polar surface area (TPSA) is 126 Å². The number of amides is 3. The highest BCUT2D eigenvalue weighted by Crippen LogP contribution is 2.26. The van der Waals surface area contributed by atoms with Crippen molar-refractivity contribution in [2.75, 3.05) is 37.6 Å². The summed E-state index contributed by atoms with van der Waals surface area (Å²) in [6, 6.07) is 8.38. The largest absolute Gasteiger partial charge is 0.444 e. The summed E-state index contributed by atoms with van der Waals surface area (Å²) in [4.78, 5) is 33.5. The summed E-state index contributed by atoms with van der Waals surface area (Å²) in [5, 5.41) is 13.0. The first kappa shape index (κ1) is 23.2. The molecular weight excluding hydrogens is 410 g/mol. The van der Waals surface area contributed by atoms with Crippen LogP contribution in [0.25, 0.3) is 10.4 Å². The van der Waals surface area contributed by atoms with Gasteiger partial charge in [-0.2, -0.15) is 5.26 Å².